The molecule has 3 aromatic rings. The topological polar surface area (TPSA) is 116 Å². The van der Waals surface area contributed by atoms with E-state index < -0.39 is 12.1 Å². The van der Waals surface area contributed by atoms with Crippen molar-refractivity contribution in [1.29, 1.82) is 10.5 Å². The van der Waals surface area contributed by atoms with Gasteiger partial charge in [-0.1, -0.05) is 47.5 Å². The molecule has 0 bridgehead atoms. The highest BCUT2D eigenvalue weighted by Crippen LogP contribution is 2.45. The Morgan fingerprint density at radius 2 is 1.60 bits per heavy atom. The number of nitrogens with zero attached hydrogens (tertiary/aromatic N) is 7. The van der Waals surface area contributed by atoms with Crippen molar-refractivity contribution >= 4 is 41.0 Å². The van der Waals surface area contributed by atoms with E-state index in [1.807, 2.05) is 36.1 Å². The van der Waals surface area contributed by atoms with Crippen LogP contribution in [0.15, 0.2) is 71.7 Å². The van der Waals surface area contributed by atoms with E-state index >= 15 is 0 Å². The molecular weight excluding hydrogens is 637 g/mol. The summed E-state index contributed by atoms with van der Waals surface area (Å²) in [5.74, 6) is 0.824. The van der Waals surface area contributed by atoms with Crippen LogP contribution >= 0.6 is 23.2 Å². The predicted octanol–water partition coefficient (Wildman–Crippen LogP) is 5.92. The van der Waals surface area contributed by atoms with E-state index in [0.717, 1.165) is 11.1 Å². The number of benzene rings is 3. The van der Waals surface area contributed by atoms with Crippen LogP contribution in [0.5, 0.6) is 5.75 Å². The predicted molar refractivity (Wildman–Crippen MR) is 180 cm³/mol. The maximum atomic E-state index is 14.7. The van der Waals surface area contributed by atoms with Gasteiger partial charge in [0.15, 0.2) is 0 Å². The van der Waals surface area contributed by atoms with Gasteiger partial charge in [-0.15, -0.1) is 0 Å². The standard InChI is InChI=1S/C35H35Cl2N7O3/c1-3-47-30-21-24(22-39)5-14-29(30)34-40-32(25-6-10-27(36)11-7-25)33(26-8-12-28(37)13-9-26)44(34)35(46)43-19-17-42(18-20-43)23-31(45)41(2)16-4-15-38/h5-14,21,32-33H,3-4,16-20,23H2,1-2H3. The van der Waals surface area contributed by atoms with Gasteiger partial charge in [0.25, 0.3) is 0 Å². The number of halogens is 2. The normalized spacial score (nSPS) is 17.9. The molecule has 242 valence electrons. The molecule has 12 heteroatoms. The number of likely N-dealkylation sites (N-methyl/N-ethyl adjacent to an activating group) is 1. The third-order valence-electron chi connectivity index (χ3n) is 8.33. The van der Waals surface area contributed by atoms with Gasteiger partial charge in [-0.2, -0.15) is 10.5 Å². The number of amidine groups is 1. The van der Waals surface area contributed by atoms with Crippen molar-refractivity contribution < 1.29 is 14.3 Å². The SMILES string of the molecule is CCOc1cc(C#N)ccc1C1=NC(c2ccc(Cl)cc2)C(c2ccc(Cl)cc2)N1C(=O)N1CCN(CC(=O)N(C)CCC#N)CC1. The second kappa shape index (κ2) is 15.3. The molecule has 0 N–H and O–H groups in total. The Balaban J connectivity index is 1.52. The molecule has 1 fully saturated rings. The van der Waals surface area contributed by atoms with E-state index in [2.05, 4.69) is 12.1 Å². The van der Waals surface area contributed by atoms with E-state index in [9.17, 15) is 14.9 Å². The number of nitriles is 2. The van der Waals surface area contributed by atoms with Crippen molar-refractivity contribution in [2.45, 2.75) is 25.4 Å². The van der Waals surface area contributed by atoms with Crippen LogP contribution in [0, 0.1) is 22.7 Å². The van der Waals surface area contributed by atoms with Gasteiger partial charge in [0.2, 0.25) is 5.91 Å². The minimum Gasteiger partial charge on any atom is -0.493 e. The van der Waals surface area contributed by atoms with Crippen LogP contribution < -0.4 is 4.74 Å². The highest BCUT2D eigenvalue weighted by Gasteiger charge is 2.45. The first-order chi connectivity index (χ1) is 22.7. The quantitative estimate of drug-likeness (QED) is 0.279. The molecule has 10 nitrogen and oxygen atoms in total. The van der Waals surface area contributed by atoms with Crippen molar-refractivity contribution in [2.75, 3.05) is 52.9 Å². The summed E-state index contributed by atoms with van der Waals surface area (Å²) in [4.78, 5) is 39.7. The number of ether oxygens (including phenoxy) is 1. The fraction of sp³-hybridized carbons (Fsp3) is 0.343. The number of carbonyl (C=O) groups excluding carboxylic acids is 2. The summed E-state index contributed by atoms with van der Waals surface area (Å²) in [7, 11) is 1.70. The average molecular weight is 673 g/mol. The zero-order chi connectivity index (χ0) is 33.5. The summed E-state index contributed by atoms with van der Waals surface area (Å²) in [6.45, 7) is 4.65. The Kier molecular flexibility index (Phi) is 11.0. The molecule has 0 radical (unpaired) electrons. The molecule has 3 aromatic carbocycles. The lowest BCUT2D eigenvalue weighted by molar-refractivity contribution is -0.131. The molecule has 5 rings (SSSR count). The molecule has 2 unspecified atom stereocenters. The second-order valence-corrected chi connectivity index (χ2v) is 12.2. The Morgan fingerprint density at radius 3 is 2.19 bits per heavy atom. The molecule has 2 aliphatic heterocycles. The van der Waals surface area contributed by atoms with Crippen molar-refractivity contribution in [3.05, 3.63) is 99.0 Å². The third kappa shape index (κ3) is 7.69. The second-order valence-electron chi connectivity index (χ2n) is 11.3. The summed E-state index contributed by atoms with van der Waals surface area (Å²) >= 11 is 12.5. The number of carbonyl (C=O) groups is 2. The van der Waals surface area contributed by atoms with Gasteiger partial charge in [-0.25, -0.2) is 4.79 Å². The summed E-state index contributed by atoms with van der Waals surface area (Å²) in [6, 6.07) is 23.0. The maximum absolute atomic E-state index is 14.7. The number of urea groups is 1. The van der Waals surface area contributed by atoms with E-state index in [-0.39, 0.29) is 24.9 Å². The van der Waals surface area contributed by atoms with Crippen LogP contribution in [0.4, 0.5) is 4.79 Å². The zero-order valence-corrected chi connectivity index (χ0v) is 27.8. The maximum Gasteiger partial charge on any atom is 0.326 e. The number of hydrogen-bond acceptors (Lipinski definition) is 7. The fourth-order valence-electron chi connectivity index (χ4n) is 5.81. The Labute approximate surface area is 285 Å². The number of amides is 3. The summed E-state index contributed by atoms with van der Waals surface area (Å²) in [5, 5.41) is 19.6. The molecule has 0 spiro atoms. The van der Waals surface area contributed by atoms with E-state index in [0.29, 0.717) is 72.1 Å². The molecule has 0 saturated carbocycles. The van der Waals surface area contributed by atoms with Crippen LogP contribution in [0.3, 0.4) is 0 Å². The van der Waals surface area contributed by atoms with E-state index in [4.69, 9.17) is 38.2 Å². The Bertz CT molecular complexity index is 1710. The van der Waals surface area contributed by atoms with Crippen molar-refractivity contribution in [3.8, 4) is 17.9 Å². The lowest BCUT2D eigenvalue weighted by Gasteiger charge is -2.39. The van der Waals surface area contributed by atoms with Gasteiger partial charge < -0.3 is 14.5 Å². The monoisotopic (exact) mass is 671 g/mol. The lowest BCUT2D eigenvalue weighted by Crippen LogP contribution is -2.55. The smallest absolute Gasteiger partial charge is 0.326 e. The molecule has 47 heavy (non-hydrogen) atoms. The first kappa shape index (κ1) is 33.7. The molecule has 0 aliphatic carbocycles. The number of rotatable bonds is 9. The van der Waals surface area contributed by atoms with Crippen molar-refractivity contribution in [1.82, 2.24) is 19.6 Å². The van der Waals surface area contributed by atoms with Gasteiger partial charge in [-0.05, 0) is 60.5 Å². The first-order valence-corrected chi connectivity index (χ1v) is 16.2. The minimum absolute atomic E-state index is 0.0631. The van der Waals surface area contributed by atoms with Crippen LogP contribution in [-0.4, -0.2) is 90.3 Å². The molecule has 0 aromatic heterocycles. The molecule has 1 saturated heterocycles. The fourth-order valence-corrected chi connectivity index (χ4v) is 6.06. The van der Waals surface area contributed by atoms with Crippen LogP contribution in [-0.2, 0) is 4.79 Å². The van der Waals surface area contributed by atoms with Crippen molar-refractivity contribution in [2.24, 2.45) is 4.99 Å². The summed E-state index contributed by atoms with van der Waals surface area (Å²) in [6.07, 6.45) is 0.278. The Hall–Kier alpha value is -4.61. The molecule has 3 amide bonds. The molecular formula is C35H35Cl2N7O3. The van der Waals surface area contributed by atoms with Gasteiger partial charge in [0.05, 0.1) is 48.9 Å². The van der Waals surface area contributed by atoms with Gasteiger partial charge in [-0.3, -0.25) is 19.6 Å². The minimum atomic E-state index is -0.533. The van der Waals surface area contributed by atoms with Crippen LogP contribution in [0.2, 0.25) is 10.0 Å². The van der Waals surface area contributed by atoms with Gasteiger partial charge in [0.1, 0.15) is 17.6 Å². The lowest BCUT2D eigenvalue weighted by atomic mass is 9.93. The average Bonchev–Trinajstić information content (AvgIpc) is 3.48. The first-order valence-electron chi connectivity index (χ1n) is 15.4. The van der Waals surface area contributed by atoms with E-state index in [1.165, 1.54) is 0 Å². The Morgan fingerprint density at radius 1 is 0.957 bits per heavy atom. The highest BCUT2D eigenvalue weighted by atomic mass is 35.5. The number of aliphatic imine (C=N–C) groups is 1. The van der Waals surface area contributed by atoms with Gasteiger partial charge >= 0.3 is 6.03 Å². The molecule has 2 heterocycles. The largest absolute Gasteiger partial charge is 0.493 e. The van der Waals surface area contributed by atoms with Gasteiger partial charge in [0, 0.05) is 49.8 Å². The summed E-state index contributed by atoms with van der Waals surface area (Å²) < 4.78 is 5.99. The van der Waals surface area contributed by atoms with Crippen LogP contribution in [0.25, 0.3) is 0 Å². The molecule has 2 aliphatic rings. The number of piperazine rings is 1. The third-order valence-corrected chi connectivity index (χ3v) is 8.84. The highest BCUT2D eigenvalue weighted by molar-refractivity contribution is 6.30. The number of hydrogen-bond donors (Lipinski definition) is 0. The zero-order valence-electron chi connectivity index (χ0n) is 26.3. The van der Waals surface area contributed by atoms with E-state index in [1.54, 1.807) is 64.2 Å². The molecule has 2 atom stereocenters. The van der Waals surface area contributed by atoms with Crippen LogP contribution in [0.1, 0.15) is 47.7 Å². The summed E-state index contributed by atoms with van der Waals surface area (Å²) in [5.41, 5.74) is 2.75. The van der Waals surface area contributed by atoms with Crippen molar-refractivity contribution in [3.63, 3.8) is 0 Å².